The zero-order valence-electron chi connectivity index (χ0n) is 20.8. The standard InChI is InChI=1S/C30H29N2O5P/c33-29-18-19-31(30(34)32(29)21-24-10-4-1-5-11-24)27-16-17-28(20-27)37-38(35,23-26-14-8-3-9-15-26)36-22-25-12-6-2-7-13-25/h1-19,27-28H,20-23H2. The van der Waals surface area contributed by atoms with Crippen LogP contribution in [0.4, 0.5) is 0 Å². The number of nitrogens with zero attached hydrogens (tertiary/aromatic N) is 2. The van der Waals surface area contributed by atoms with Crippen molar-refractivity contribution >= 4 is 7.60 Å². The molecule has 7 nitrogen and oxygen atoms in total. The second-order valence-corrected chi connectivity index (χ2v) is 11.3. The topological polar surface area (TPSA) is 79.5 Å². The summed E-state index contributed by atoms with van der Waals surface area (Å²) in [5.41, 5.74) is 1.86. The smallest absolute Gasteiger partial charge is 0.304 e. The Morgan fingerprint density at radius 3 is 2.03 bits per heavy atom. The molecule has 0 fully saturated rings. The zero-order valence-corrected chi connectivity index (χ0v) is 21.7. The molecule has 0 saturated heterocycles. The lowest BCUT2D eigenvalue weighted by atomic mass is 10.2. The molecule has 8 heteroatoms. The van der Waals surface area contributed by atoms with Crippen molar-refractivity contribution in [1.82, 2.24) is 9.13 Å². The van der Waals surface area contributed by atoms with Crippen LogP contribution in [0.25, 0.3) is 0 Å². The van der Waals surface area contributed by atoms with Crippen molar-refractivity contribution in [1.29, 1.82) is 0 Å². The van der Waals surface area contributed by atoms with Crippen LogP contribution < -0.4 is 11.2 Å². The maximum Gasteiger partial charge on any atom is 0.335 e. The van der Waals surface area contributed by atoms with Crippen LogP contribution in [0.15, 0.2) is 125 Å². The van der Waals surface area contributed by atoms with E-state index >= 15 is 0 Å². The van der Waals surface area contributed by atoms with E-state index in [0.29, 0.717) is 6.42 Å². The molecule has 0 spiro atoms. The van der Waals surface area contributed by atoms with Gasteiger partial charge in [-0.05, 0) is 16.7 Å². The number of aromatic nitrogens is 2. The predicted octanol–water partition coefficient (Wildman–Crippen LogP) is 5.55. The highest BCUT2D eigenvalue weighted by Crippen LogP contribution is 2.54. The summed E-state index contributed by atoms with van der Waals surface area (Å²) in [6.45, 7) is 0.351. The quantitative estimate of drug-likeness (QED) is 0.199. The highest BCUT2D eigenvalue weighted by atomic mass is 31.2. The Balaban J connectivity index is 1.32. The van der Waals surface area contributed by atoms with Crippen molar-refractivity contribution in [2.75, 3.05) is 0 Å². The lowest BCUT2D eigenvalue weighted by Gasteiger charge is -2.23. The van der Waals surface area contributed by atoms with Crippen LogP contribution >= 0.6 is 7.60 Å². The number of benzene rings is 3. The van der Waals surface area contributed by atoms with Gasteiger partial charge in [-0.1, -0.05) is 103 Å². The molecule has 1 aliphatic rings. The first kappa shape index (κ1) is 25.9. The second-order valence-electron chi connectivity index (χ2n) is 9.26. The Labute approximate surface area is 221 Å². The fraction of sp³-hybridized carbons (Fsp3) is 0.200. The molecule has 3 unspecified atom stereocenters. The molecular formula is C30H29N2O5P. The summed E-state index contributed by atoms with van der Waals surface area (Å²) < 4.78 is 28.7. The summed E-state index contributed by atoms with van der Waals surface area (Å²) in [5, 5.41) is 0. The molecule has 3 atom stereocenters. The Morgan fingerprint density at radius 1 is 0.763 bits per heavy atom. The van der Waals surface area contributed by atoms with E-state index in [4.69, 9.17) is 9.05 Å². The lowest BCUT2D eigenvalue weighted by Crippen LogP contribution is -2.40. The Hall–Kier alpha value is -3.77. The minimum absolute atomic E-state index is 0.136. The first-order chi connectivity index (χ1) is 18.5. The molecule has 1 heterocycles. The zero-order chi connectivity index (χ0) is 26.4. The number of rotatable bonds is 10. The Bertz CT molecular complexity index is 1550. The van der Waals surface area contributed by atoms with Crippen LogP contribution in [-0.2, 0) is 32.9 Å². The van der Waals surface area contributed by atoms with Crippen LogP contribution in [-0.4, -0.2) is 15.2 Å². The summed E-state index contributed by atoms with van der Waals surface area (Å²) in [6.07, 6.45) is 5.21. The van der Waals surface area contributed by atoms with E-state index in [-0.39, 0.29) is 30.9 Å². The van der Waals surface area contributed by atoms with Crippen LogP contribution in [0, 0.1) is 0 Å². The van der Waals surface area contributed by atoms with E-state index in [0.717, 1.165) is 16.7 Å². The van der Waals surface area contributed by atoms with Crippen molar-refractivity contribution < 1.29 is 13.6 Å². The molecule has 0 radical (unpaired) electrons. The first-order valence-corrected chi connectivity index (χ1v) is 14.3. The third-order valence-electron chi connectivity index (χ3n) is 6.44. The van der Waals surface area contributed by atoms with Gasteiger partial charge in [-0.25, -0.2) is 4.79 Å². The average Bonchev–Trinajstić information content (AvgIpc) is 3.39. The van der Waals surface area contributed by atoms with Gasteiger partial charge in [-0.15, -0.1) is 0 Å². The number of allylic oxidation sites excluding steroid dienone is 1. The van der Waals surface area contributed by atoms with Crippen LogP contribution in [0.3, 0.4) is 0 Å². The van der Waals surface area contributed by atoms with Crippen molar-refractivity contribution in [2.45, 2.75) is 37.9 Å². The Morgan fingerprint density at radius 2 is 1.37 bits per heavy atom. The molecule has 194 valence electrons. The minimum atomic E-state index is -3.54. The first-order valence-electron chi connectivity index (χ1n) is 12.5. The largest absolute Gasteiger partial charge is 0.335 e. The number of hydrogen-bond acceptors (Lipinski definition) is 5. The van der Waals surface area contributed by atoms with Gasteiger partial charge in [-0.2, -0.15) is 0 Å². The normalized spacial score (nSPS) is 18.3. The van der Waals surface area contributed by atoms with Crippen LogP contribution in [0.5, 0.6) is 0 Å². The molecule has 1 aliphatic carbocycles. The van der Waals surface area contributed by atoms with Crippen molar-refractivity contribution in [3.05, 3.63) is 153 Å². The summed E-state index contributed by atoms with van der Waals surface area (Å²) in [4.78, 5) is 25.7. The van der Waals surface area contributed by atoms with Gasteiger partial charge in [-0.3, -0.25) is 18.5 Å². The summed E-state index contributed by atoms with van der Waals surface area (Å²) in [5.74, 6) is 0. The lowest BCUT2D eigenvalue weighted by molar-refractivity contribution is 0.160. The molecule has 0 amide bonds. The maximum atomic E-state index is 13.9. The molecule has 1 aromatic heterocycles. The van der Waals surface area contributed by atoms with E-state index in [1.807, 2.05) is 103 Å². The average molecular weight is 529 g/mol. The molecule has 0 saturated carbocycles. The fourth-order valence-electron chi connectivity index (χ4n) is 4.50. The monoisotopic (exact) mass is 528 g/mol. The minimum Gasteiger partial charge on any atom is -0.304 e. The molecule has 0 bridgehead atoms. The highest BCUT2D eigenvalue weighted by Gasteiger charge is 2.32. The molecule has 0 N–H and O–H groups in total. The van der Waals surface area contributed by atoms with E-state index in [1.54, 1.807) is 0 Å². The summed E-state index contributed by atoms with van der Waals surface area (Å²) in [7, 11) is -3.54. The van der Waals surface area contributed by atoms with E-state index in [9.17, 15) is 14.2 Å². The molecule has 0 aliphatic heterocycles. The molecule has 38 heavy (non-hydrogen) atoms. The summed E-state index contributed by atoms with van der Waals surface area (Å²) >= 11 is 0. The highest BCUT2D eigenvalue weighted by molar-refractivity contribution is 7.53. The second kappa shape index (κ2) is 11.7. The van der Waals surface area contributed by atoms with Crippen molar-refractivity contribution in [2.24, 2.45) is 0 Å². The molecular weight excluding hydrogens is 499 g/mol. The van der Waals surface area contributed by atoms with Gasteiger partial charge < -0.3 is 9.05 Å². The van der Waals surface area contributed by atoms with Crippen LogP contribution in [0.1, 0.15) is 29.2 Å². The van der Waals surface area contributed by atoms with Gasteiger partial charge in [0.1, 0.15) is 0 Å². The number of hydrogen-bond donors (Lipinski definition) is 0. The molecule has 4 aromatic rings. The van der Waals surface area contributed by atoms with Gasteiger partial charge in [0.2, 0.25) is 0 Å². The van der Waals surface area contributed by atoms with Gasteiger partial charge in [0.05, 0.1) is 31.5 Å². The fourth-order valence-corrected chi connectivity index (χ4v) is 6.30. The predicted molar refractivity (Wildman–Crippen MR) is 147 cm³/mol. The van der Waals surface area contributed by atoms with Gasteiger partial charge in [0.15, 0.2) is 0 Å². The van der Waals surface area contributed by atoms with Gasteiger partial charge in [0.25, 0.3) is 5.56 Å². The Kier molecular flexibility index (Phi) is 7.99. The third kappa shape index (κ3) is 6.37. The summed E-state index contributed by atoms with van der Waals surface area (Å²) in [6, 6.07) is 29.5. The van der Waals surface area contributed by atoms with Gasteiger partial charge in [0, 0.05) is 18.7 Å². The van der Waals surface area contributed by atoms with Crippen LogP contribution in [0.2, 0.25) is 0 Å². The van der Waals surface area contributed by atoms with Gasteiger partial charge >= 0.3 is 13.3 Å². The maximum absolute atomic E-state index is 13.9. The molecule has 5 rings (SSSR count). The van der Waals surface area contributed by atoms with E-state index in [1.165, 1.54) is 21.4 Å². The SMILES string of the molecule is O=c1ccn(C2C=CC(OP(=O)(Cc3ccccc3)OCc3ccccc3)C2)c(=O)n1Cc1ccccc1. The third-order valence-corrected chi connectivity index (χ3v) is 8.31. The van der Waals surface area contributed by atoms with Crippen molar-refractivity contribution in [3.8, 4) is 0 Å². The van der Waals surface area contributed by atoms with E-state index < -0.39 is 19.4 Å². The van der Waals surface area contributed by atoms with Crippen molar-refractivity contribution in [3.63, 3.8) is 0 Å². The van der Waals surface area contributed by atoms with E-state index in [2.05, 4.69) is 0 Å². The molecule has 3 aromatic carbocycles.